The van der Waals surface area contributed by atoms with E-state index in [0.29, 0.717) is 12.6 Å². The SMILES string of the molecule is Clc1ccc(OCc2cccs2)c(CNC2CC2)c1. The van der Waals surface area contributed by atoms with Crippen LogP contribution in [0.3, 0.4) is 0 Å². The van der Waals surface area contributed by atoms with Gasteiger partial charge < -0.3 is 10.1 Å². The van der Waals surface area contributed by atoms with Gasteiger partial charge in [-0.25, -0.2) is 0 Å². The van der Waals surface area contributed by atoms with E-state index >= 15 is 0 Å². The van der Waals surface area contributed by atoms with Gasteiger partial charge in [-0.2, -0.15) is 0 Å². The van der Waals surface area contributed by atoms with Crippen molar-refractivity contribution < 1.29 is 4.74 Å². The van der Waals surface area contributed by atoms with Crippen LogP contribution in [0.15, 0.2) is 35.7 Å². The first-order chi connectivity index (χ1) is 9.31. The lowest BCUT2D eigenvalue weighted by Crippen LogP contribution is -2.16. The third-order valence-electron chi connectivity index (χ3n) is 3.13. The lowest BCUT2D eigenvalue weighted by molar-refractivity contribution is 0.305. The molecule has 1 aliphatic carbocycles. The minimum Gasteiger partial charge on any atom is -0.488 e. The molecule has 0 aliphatic heterocycles. The number of hydrogen-bond acceptors (Lipinski definition) is 3. The topological polar surface area (TPSA) is 21.3 Å². The van der Waals surface area contributed by atoms with Gasteiger partial charge in [-0.1, -0.05) is 17.7 Å². The van der Waals surface area contributed by atoms with Crippen LogP contribution in [0.4, 0.5) is 0 Å². The van der Waals surface area contributed by atoms with Crippen LogP contribution in [-0.2, 0) is 13.2 Å². The molecule has 3 rings (SSSR count). The molecule has 2 nitrogen and oxygen atoms in total. The van der Waals surface area contributed by atoms with Gasteiger partial charge in [0, 0.05) is 28.0 Å². The molecule has 1 N–H and O–H groups in total. The lowest BCUT2D eigenvalue weighted by Gasteiger charge is -2.12. The minimum absolute atomic E-state index is 0.621. The Kier molecular flexibility index (Phi) is 4.06. The number of rotatable bonds is 6. The van der Waals surface area contributed by atoms with E-state index < -0.39 is 0 Å². The predicted octanol–water partition coefficient (Wildman–Crippen LogP) is 4.23. The van der Waals surface area contributed by atoms with Gasteiger partial charge in [-0.15, -0.1) is 11.3 Å². The minimum atomic E-state index is 0.621. The maximum atomic E-state index is 6.07. The molecule has 1 saturated carbocycles. The van der Waals surface area contributed by atoms with Gasteiger partial charge in [-0.3, -0.25) is 0 Å². The van der Waals surface area contributed by atoms with Gasteiger partial charge in [0.25, 0.3) is 0 Å². The molecule has 1 aromatic carbocycles. The van der Waals surface area contributed by atoms with Crippen LogP contribution in [0.1, 0.15) is 23.3 Å². The third kappa shape index (κ3) is 3.72. The standard InChI is InChI=1S/C15H16ClNOS/c16-12-3-6-15(18-10-14-2-1-7-19-14)11(8-12)9-17-13-4-5-13/h1-3,6-8,13,17H,4-5,9-10H2. The molecule has 2 aromatic rings. The summed E-state index contributed by atoms with van der Waals surface area (Å²) >= 11 is 7.78. The van der Waals surface area contributed by atoms with E-state index in [1.165, 1.54) is 17.7 Å². The van der Waals surface area contributed by atoms with Crippen molar-refractivity contribution in [2.24, 2.45) is 0 Å². The Bertz CT molecular complexity index is 537. The van der Waals surface area contributed by atoms with Crippen LogP contribution in [0.5, 0.6) is 5.75 Å². The average Bonchev–Trinajstić information content (AvgIpc) is 3.10. The average molecular weight is 294 g/mol. The van der Waals surface area contributed by atoms with Crippen molar-refractivity contribution in [3.05, 3.63) is 51.2 Å². The molecule has 100 valence electrons. The van der Waals surface area contributed by atoms with E-state index in [9.17, 15) is 0 Å². The largest absolute Gasteiger partial charge is 0.488 e. The molecule has 0 unspecified atom stereocenters. The van der Waals surface area contributed by atoms with Crippen molar-refractivity contribution in [3.63, 3.8) is 0 Å². The third-order valence-corrected chi connectivity index (χ3v) is 4.22. The van der Waals surface area contributed by atoms with E-state index in [-0.39, 0.29) is 0 Å². The Morgan fingerprint density at radius 3 is 2.95 bits per heavy atom. The van der Waals surface area contributed by atoms with Crippen molar-refractivity contribution in [1.82, 2.24) is 5.32 Å². The highest BCUT2D eigenvalue weighted by atomic mass is 35.5. The zero-order chi connectivity index (χ0) is 13.1. The highest BCUT2D eigenvalue weighted by Gasteiger charge is 2.20. The molecule has 0 saturated heterocycles. The summed E-state index contributed by atoms with van der Waals surface area (Å²) in [6.45, 7) is 1.45. The van der Waals surface area contributed by atoms with Crippen LogP contribution < -0.4 is 10.1 Å². The molecule has 0 atom stereocenters. The van der Waals surface area contributed by atoms with Crippen LogP contribution in [0.2, 0.25) is 5.02 Å². The maximum absolute atomic E-state index is 6.07. The number of ether oxygens (including phenoxy) is 1. The molecule has 19 heavy (non-hydrogen) atoms. The van der Waals surface area contributed by atoms with E-state index in [2.05, 4.69) is 16.8 Å². The van der Waals surface area contributed by atoms with Gasteiger partial charge >= 0.3 is 0 Å². The maximum Gasteiger partial charge on any atom is 0.124 e. The van der Waals surface area contributed by atoms with Crippen molar-refractivity contribution >= 4 is 22.9 Å². The normalized spacial score (nSPS) is 14.6. The number of hydrogen-bond donors (Lipinski definition) is 1. The number of thiophene rings is 1. The Morgan fingerprint density at radius 2 is 2.21 bits per heavy atom. The summed E-state index contributed by atoms with van der Waals surface area (Å²) in [4.78, 5) is 1.23. The monoisotopic (exact) mass is 293 g/mol. The quantitative estimate of drug-likeness (QED) is 0.860. The Hall–Kier alpha value is -1.03. The van der Waals surface area contributed by atoms with Crippen molar-refractivity contribution in [3.8, 4) is 5.75 Å². The molecule has 0 spiro atoms. The lowest BCUT2D eigenvalue weighted by atomic mass is 10.2. The summed E-state index contributed by atoms with van der Waals surface area (Å²) in [6, 6.07) is 10.6. The molecule has 0 amide bonds. The first kappa shape index (κ1) is 13.0. The fraction of sp³-hybridized carbons (Fsp3) is 0.333. The molecule has 4 heteroatoms. The van der Waals surface area contributed by atoms with Gasteiger partial charge in [0.05, 0.1) is 0 Å². The first-order valence-corrected chi connectivity index (χ1v) is 7.74. The van der Waals surface area contributed by atoms with Crippen molar-refractivity contribution in [2.45, 2.75) is 32.0 Å². The first-order valence-electron chi connectivity index (χ1n) is 6.48. The molecule has 0 bridgehead atoms. The van der Waals surface area contributed by atoms with Gasteiger partial charge in [-0.05, 0) is 42.5 Å². The fourth-order valence-corrected chi connectivity index (χ4v) is 2.72. The Morgan fingerprint density at radius 1 is 1.32 bits per heavy atom. The second-order valence-electron chi connectivity index (χ2n) is 4.78. The fourth-order valence-electron chi connectivity index (χ4n) is 1.91. The summed E-state index contributed by atoms with van der Waals surface area (Å²) in [7, 11) is 0. The summed E-state index contributed by atoms with van der Waals surface area (Å²) in [5, 5.41) is 6.32. The van der Waals surface area contributed by atoms with Crippen LogP contribution in [-0.4, -0.2) is 6.04 Å². The molecule has 1 heterocycles. The zero-order valence-corrected chi connectivity index (χ0v) is 12.1. The smallest absolute Gasteiger partial charge is 0.124 e. The van der Waals surface area contributed by atoms with E-state index in [0.717, 1.165) is 22.9 Å². The second-order valence-corrected chi connectivity index (χ2v) is 6.24. The van der Waals surface area contributed by atoms with E-state index in [1.54, 1.807) is 11.3 Å². The van der Waals surface area contributed by atoms with Crippen LogP contribution >= 0.6 is 22.9 Å². The van der Waals surface area contributed by atoms with Crippen LogP contribution in [0, 0.1) is 0 Å². The highest BCUT2D eigenvalue weighted by Crippen LogP contribution is 2.26. The van der Waals surface area contributed by atoms with Crippen molar-refractivity contribution in [1.29, 1.82) is 0 Å². The highest BCUT2D eigenvalue weighted by molar-refractivity contribution is 7.09. The second kappa shape index (κ2) is 5.95. The molecule has 0 radical (unpaired) electrons. The van der Waals surface area contributed by atoms with E-state index in [1.807, 2.05) is 24.3 Å². The summed E-state index contributed by atoms with van der Waals surface area (Å²) in [5.74, 6) is 0.922. The summed E-state index contributed by atoms with van der Waals surface area (Å²) < 4.78 is 5.90. The number of halogens is 1. The summed E-state index contributed by atoms with van der Waals surface area (Å²) in [6.07, 6.45) is 2.57. The molecule has 1 aliphatic rings. The summed E-state index contributed by atoms with van der Waals surface area (Å²) in [5.41, 5.74) is 1.14. The number of nitrogens with one attached hydrogen (secondary N) is 1. The predicted molar refractivity (Wildman–Crippen MR) is 80.0 cm³/mol. The zero-order valence-electron chi connectivity index (χ0n) is 10.6. The van der Waals surface area contributed by atoms with Gasteiger partial charge in [0.15, 0.2) is 0 Å². The molecule has 1 aromatic heterocycles. The van der Waals surface area contributed by atoms with E-state index in [4.69, 9.17) is 16.3 Å². The van der Waals surface area contributed by atoms with Crippen LogP contribution in [0.25, 0.3) is 0 Å². The Balaban J connectivity index is 1.67. The molecular formula is C15H16ClNOS. The molecular weight excluding hydrogens is 278 g/mol. The van der Waals surface area contributed by atoms with Gasteiger partial charge in [0.2, 0.25) is 0 Å². The molecule has 1 fully saturated rings. The van der Waals surface area contributed by atoms with Crippen molar-refractivity contribution in [2.75, 3.05) is 0 Å². The van der Waals surface area contributed by atoms with Gasteiger partial charge in [0.1, 0.15) is 12.4 Å². The Labute approximate surface area is 122 Å². The number of benzene rings is 1.